The summed E-state index contributed by atoms with van der Waals surface area (Å²) in [6.07, 6.45) is 0. The second-order valence-corrected chi connectivity index (χ2v) is 6.71. The molecule has 0 heterocycles. The van der Waals surface area contributed by atoms with Gasteiger partial charge in [-0.15, -0.1) is 0 Å². The number of anilines is 1. The quantitative estimate of drug-likeness (QED) is 0.824. The summed E-state index contributed by atoms with van der Waals surface area (Å²) < 4.78 is 0.897. The third-order valence-electron chi connectivity index (χ3n) is 3.10. The third-order valence-corrected chi connectivity index (χ3v) is 3.59. The van der Waals surface area contributed by atoms with Crippen LogP contribution in [0.2, 0.25) is 0 Å². The molecule has 0 fully saturated rings. The van der Waals surface area contributed by atoms with Crippen LogP contribution in [0.25, 0.3) is 0 Å². The maximum Gasteiger partial charge on any atom is 0.255 e. The largest absolute Gasteiger partial charge is 0.322 e. The van der Waals surface area contributed by atoms with Gasteiger partial charge in [0.15, 0.2) is 0 Å². The SMILES string of the molecule is CC(C)(C)c1ccc(NC(=O)c2cccc(Br)c2)cc1. The van der Waals surface area contributed by atoms with Crippen LogP contribution in [0.3, 0.4) is 0 Å². The molecule has 0 atom stereocenters. The van der Waals surface area contributed by atoms with Crippen molar-refractivity contribution in [2.45, 2.75) is 26.2 Å². The standard InChI is InChI=1S/C17H18BrNO/c1-17(2,3)13-7-9-15(10-8-13)19-16(20)12-5-4-6-14(18)11-12/h4-11H,1-3H3,(H,19,20). The number of hydrogen-bond donors (Lipinski definition) is 1. The van der Waals surface area contributed by atoms with E-state index in [0.717, 1.165) is 10.2 Å². The normalized spacial score (nSPS) is 11.2. The first-order valence-electron chi connectivity index (χ1n) is 6.54. The predicted octanol–water partition coefficient (Wildman–Crippen LogP) is 5.00. The van der Waals surface area contributed by atoms with Crippen molar-refractivity contribution < 1.29 is 4.79 Å². The van der Waals surface area contributed by atoms with Gasteiger partial charge < -0.3 is 5.32 Å². The summed E-state index contributed by atoms with van der Waals surface area (Å²) in [5, 5.41) is 2.90. The molecule has 0 aliphatic heterocycles. The van der Waals surface area contributed by atoms with Crippen LogP contribution >= 0.6 is 15.9 Å². The van der Waals surface area contributed by atoms with Crippen molar-refractivity contribution in [1.82, 2.24) is 0 Å². The van der Waals surface area contributed by atoms with E-state index < -0.39 is 0 Å². The number of halogens is 1. The van der Waals surface area contributed by atoms with Crippen LogP contribution in [-0.2, 0) is 5.41 Å². The summed E-state index contributed by atoms with van der Waals surface area (Å²) in [4.78, 5) is 12.1. The molecule has 0 saturated carbocycles. The minimum atomic E-state index is -0.102. The van der Waals surface area contributed by atoms with Crippen LogP contribution in [0.4, 0.5) is 5.69 Å². The minimum Gasteiger partial charge on any atom is -0.322 e. The van der Waals surface area contributed by atoms with E-state index in [1.54, 1.807) is 12.1 Å². The molecule has 2 rings (SSSR count). The molecule has 104 valence electrons. The van der Waals surface area contributed by atoms with Gasteiger partial charge in [-0.3, -0.25) is 4.79 Å². The van der Waals surface area contributed by atoms with E-state index in [9.17, 15) is 4.79 Å². The number of amides is 1. The topological polar surface area (TPSA) is 29.1 Å². The smallest absolute Gasteiger partial charge is 0.255 e. The highest BCUT2D eigenvalue weighted by atomic mass is 79.9. The molecule has 0 spiro atoms. The lowest BCUT2D eigenvalue weighted by molar-refractivity contribution is 0.102. The molecular formula is C17H18BrNO. The van der Waals surface area contributed by atoms with Crippen molar-refractivity contribution in [3.63, 3.8) is 0 Å². The number of carbonyl (C=O) groups is 1. The lowest BCUT2D eigenvalue weighted by Crippen LogP contribution is -2.13. The van der Waals surface area contributed by atoms with Gasteiger partial charge in [0.2, 0.25) is 0 Å². The van der Waals surface area contributed by atoms with E-state index in [4.69, 9.17) is 0 Å². The van der Waals surface area contributed by atoms with E-state index in [0.29, 0.717) is 5.56 Å². The Hall–Kier alpha value is -1.61. The van der Waals surface area contributed by atoms with Crippen LogP contribution in [0.5, 0.6) is 0 Å². The summed E-state index contributed by atoms with van der Waals surface area (Å²) in [5.74, 6) is -0.102. The summed E-state index contributed by atoms with van der Waals surface area (Å²) >= 11 is 3.37. The molecule has 20 heavy (non-hydrogen) atoms. The van der Waals surface area contributed by atoms with Gasteiger partial charge in [-0.1, -0.05) is 54.9 Å². The monoisotopic (exact) mass is 331 g/mol. The first-order chi connectivity index (χ1) is 9.36. The Bertz CT molecular complexity index is 612. The predicted molar refractivity (Wildman–Crippen MR) is 87.2 cm³/mol. The maximum atomic E-state index is 12.1. The van der Waals surface area contributed by atoms with Gasteiger partial charge in [0.1, 0.15) is 0 Å². The first kappa shape index (κ1) is 14.8. The number of hydrogen-bond acceptors (Lipinski definition) is 1. The Morgan fingerprint density at radius 2 is 1.70 bits per heavy atom. The average Bonchev–Trinajstić information content (AvgIpc) is 2.38. The fourth-order valence-electron chi connectivity index (χ4n) is 1.89. The van der Waals surface area contributed by atoms with Gasteiger partial charge in [-0.05, 0) is 41.3 Å². The molecule has 2 aromatic rings. The maximum absolute atomic E-state index is 12.1. The Labute approximate surface area is 128 Å². The summed E-state index contributed by atoms with van der Waals surface area (Å²) in [6, 6.07) is 15.3. The zero-order valence-electron chi connectivity index (χ0n) is 11.9. The van der Waals surface area contributed by atoms with Crippen LogP contribution in [-0.4, -0.2) is 5.91 Å². The summed E-state index contributed by atoms with van der Waals surface area (Å²) in [6.45, 7) is 6.51. The Balaban J connectivity index is 2.12. The Morgan fingerprint density at radius 1 is 1.05 bits per heavy atom. The average molecular weight is 332 g/mol. The number of carbonyl (C=O) groups excluding carboxylic acids is 1. The highest BCUT2D eigenvalue weighted by molar-refractivity contribution is 9.10. The summed E-state index contributed by atoms with van der Waals surface area (Å²) in [5.41, 5.74) is 2.81. The third kappa shape index (κ3) is 3.70. The van der Waals surface area contributed by atoms with Crippen molar-refractivity contribution in [2.75, 3.05) is 5.32 Å². The molecule has 0 radical (unpaired) electrons. The fourth-order valence-corrected chi connectivity index (χ4v) is 2.29. The van der Waals surface area contributed by atoms with Crippen LogP contribution in [0, 0.1) is 0 Å². The minimum absolute atomic E-state index is 0.102. The van der Waals surface area contributed by atoms with Gasteiger partial charge >= 0.3 is 0 Å². The molecule has 1 amide bonds. The molecule has 0 aliphatic rings. The van der Waals surface area contributed by atoms with E-state index in [-0.39, 0.29) is 11.3 Å². The van der Waals surface area contributed by atoms with Gasteiger partial charge in [0, 0.05) is 15.7 Å². The zero-order valence-corrected chi connectivity index (χ0v) is 13.5. The van der Waals surface area contributed by atoms with Crippen molar-refractivity contribution in [2.24, 2.45) is 0 Å². The highest BCUT2D eigenvalue weighted by Crippen LogP contribution is 2.23. The number of benzene rings is 2. The molecule has 0 aromatic heterocycles. The molecule has 3 heteroatoms. The Morgan fingerprint density at radius 3 is 2.25 bits per heavy atom. The second kappa shape index (κ2) is 5.80. The number of rotatable bonds is 2. The van der Waals surface area contributed by atoms with Gasteiger partial charge in [-0.25, -0.2) is 0 Å². The van der Waals surface area contributed by atoms with E-state index in [2.05, 4.69) is 54.2 Å². The van der Waals surface area contributed by atoms with E-state index >= 15 is 0 Å². The molecule has 0 saturated heterocycles. The van der Waals surface area contributed by atoms with Crippen molar-refractivity contribution in [1.29, 1.82) is 0 Å². The van der Waals surface area contributed by atoms with E-state index in [1.165, 1.54) is 5.56 Å². The van der Waals surface area contributed by atoms with Crippen LogP contribution in [0.1, 0.15) is 36.7 Å². The Kier molecular flexibility index (Phi) is 4.29. The van der Waals surface area contributed by atoms with Crippen molar-refractivity contribution >= 4 is 27.5 Å². The number of nitrogens with one attached hydrogen (secondary N) is 1. The highest BCUT2D eigenvalue weighted by Gasteiger charge is 2.13. The molecule has 0 unspecified atom stereocenters. The van der Waals surface area contributed by atoms with Gasteiger partial charge in [0.25, 0.3) is 5.91 Å². The molecule has 2 nitrogen and oxygen atoms in total. The molecule has 0 bridgehead atoms. The molecule has 1 N–H and O–H groups in total. The molecule has 2 aromatic carbocycles. The zero-order chi connectivity index (χ0) is 14.8. The van der Waals surface area contributed by atoms with Crippen molar-refractivity contribution in [3.8, 4) is 0 Å². The summed E-state index contributed by atoms with van der Waals surface area (Å²) in [7, 11) is 0. The van der Waals surface area contributed by atoms with Crippen molar-refractivity contribution in [3.05, 3.63) is 64.1 Å². The first-order valence-corrected chi connectivity index (χ1v) is 7.33. The van der Waals surface area contributed by atoms with Gasteiger partial charge in [0.05, 0.1) is 0 Å². The van der Waals surface area contributed by atoms with Crippen LogP contribution < -0.4 is 5.32 Å². The molecular weight excluding hydrogens is 314 g/mol. The lowest BCUT2D eigenvalue weighted by atomic mass is 9.87. The fraction of sp³-hybridized carbons (Fsp3) is 0.235. The van der Waals surface area contributed by atoms with Gasteiger partial charge in [-0.2, -0.15) is 0 Å². The second-order valence-electron chi connectivity index (χ2n) is 5.79. The molecule has 0 aliphatic carbocycles. The van der Waals surface area contributed by atoms with Crippen LogP contribution in [0.15, 0.2) is 53.0 Å². The van der Waals surface area contributed by atoms with E-state index in [1.807, 2.05) is 24.3 Å². The lowest BCUT2D eigenvalue weighted by Gasteiger charge is -2.19.